The van der Waals surface area contributed by atoms with Crippen molar-refractivity contribution in [2.24, 2.45) is 0 Å². The number of unbranched alkanes of at least 4 members (excludes halogenated alkanes) is 6. The Balaban J connectivity index is 4.39. The molecule has 0 aromatic carbocycles. The average Bonchev–Trinajstić information content (AvgIpc) is 3.01. The van der Waals surface area contributed by atoms with Gasteiger partial charge in [-0.05, 0) is 57.8 Å². The zero-order valence-corrected chi connectivity index (χ0v) is 30.9. The van der Waals surface area contributed by atoms with Gasteiger partial charge in [-0.25, -0.2) is 4.57 Å². The normalized spacial score (nSPS) is 14.6. The fraction of sp³-hybridized carbons (Fsp3) is 0.676. The number of likely N-dealkylation sites (N-methyl/N-ethyl adjacent to an activating group) is 1. The van der Waals surface area contributed by atoms with Crippen molar-refractivity contribution >= 4 is 19.8 Å². The molecule has 9 nitrogen and oxygen atoms in total. The summed E-state index contributed by atoms with van der Waals surface area (Å²) >= 11 is 0. The molecule has 0 heterocycles. The molecular weight excluding hydrogens is 617 g/mol. The second kappa shape index (κ2) is 29.8. The van der Waals surface area contributed by atoms with Crippen molar-refractivity contribution in [3.8, 4) is 0 Å². The van der Waals surface area contributed by atoms with E-state index in [4.69, 9.17) is 18.5 Å². The maximum atomic E-state index is 12.5. The van der Waals surface area contributed by atoms with Crippen molar-refractivity contribution in [1.29, 1.82) is 0 Å². The van der Waals surface area contributed by atoms with Crippen LogP contribution in [0.5, 0.6) is 0 Å². The number of ether oxygens (including phenoxy) is 2. The highest BCUT2D eigenvalue weighted by Gasteiger charge is 2.27. The van der Waals surface area contributed by atoms with Crippen LogP contribution in [0.15, 0.2) is 60.8 Å². The van der Waals surface area contributed by atoms with E-state index in [1.807, 2.05) is 21.1 Å². The van der Waals surface area contributed by atoms with Crippen molar-refractivity contribution < 1.29 is 42.1 Å². The summed E-state index contributed by atoms with van der Waals surface area (Å²) in [6, 6.07) is 0. The molecule has 0 amide bonds. The second-order valence-electron chi connectivity index (χ2n) is 12.5. The van der Waals surface area contributed by atoms with Crippen LogP contribution in [0.3, 0.4) is 0 Å². The molecule has 0 rings (SSSR count). The number of esters is 2. The number of phosphoric ester groups is 1. The lowest BCUT2D eigenvalue weighted by Crippen LogP contribution is -2.37. The van der Waals surface area contributed by atoms with E-state index < -0.39 is 32.5 Å². The molecule has 1 N–H and O–H groups in total. The Morgan fingerprint density at radius 1 is 0.681 bits per heavy atom. The standard InChI is InChI=1S/C37H64NO8P/c1-6-8-10-12-13-14-15-16-17-18-19-20-21-22-23-24-25-26-28-30-37(40)46-35(33-43-36(39)29-27-11-9-7-2)34-45-47(41,42)44-32-31-38(3,4)5/h8,10,13-14,16-17,19-20,22-23,35H,6-7,9,11-12,15,18,21,24-34H2,1-5H3/p+1/b10-8-,14-13-,17-16-,20-19-,23-22-. The highest BCUT2D eigenvalue weighted by atomic mass is 31.2. The molecule has 0 saturated heterocycles. The van der Waals surface area contributed by atoms with E-state index in [-0.39, 0.29) is 26.1 Å². The van der Waals surface area contributed by atoms with Crippen LogP contribution in [0.25, 0.3) is 0 Å². The number of phosphoric acid groups is 1. The fourth-order valence-corrected chi connectivity index (χ4v) is 4.78. The van der Waals surface area contributed by atoms with E-state index >= 15 is 0 Å². The number of rotatable bonds is 30. The molecule has 0 fully saturated rings. The number of quaternary nitrogens is 1. The van der Waals surface area contributed by atoms with Crippen molar-refractivity contribution in [2.75, 3.05) is 47.5 Å². The highest BCUT2D eigenvalue weighted by molar-refractivity contribution is 7.47. The molecule has 0 aliphatic rings. The van der Waals surface area contributed by atoms with E-state index in [1.165, 1.54) is 0 Å². The first-order valence-corrected chi connectivity index (χ1v) is 19.0. The van der Waals surface area contributed by atoms with E-state index in [0.29, 0.717) is 17.4 Å². The Morgan fingerprint density at radius 2 is 1.21 bits per heavy atom. The van der Waals surface area contributed by atoms with Crippen LogP contribution in [0, 0.1) is 0 Å². The zero-order chi connectivity index (χ0) is 35.1. The molecule has 2 unspecified atom stereocenters. The minimum atomic E-state index is -4.37. The van der Waals surface area contributed by atoms with E-state index in [1.54, 1.807) is 0 Å². The Hall–Kier alpha value is -2.29. The van der Waals surface area contributed by atoms with Gasteiger partial charge in [-0.2, -0.15) is 0 Å². The molecule has 2 atom stereocenters. The van der Waals surface area contributed by atoms with Crippen molar-refractivity contribution in [3.05, 3.63) is 60.8 Å². The molecule has 0 aromatic heterocycles. The molecule has 47 heavy (non-hydrogen) atoms. The smallest absolute Gasteiger partial charge is 0.462 e. The van der Waals surface area contributed by atoms with Gasteiger partial charge in [0.25, 0.3) is 0 Å². The van der Waals surface area contributed by atoms with Crippen molar-refractivity contribution in [3.63, 3.8) is 0 Å². The van der Waals surface area contributed by atoms with Gasteiger partial charge in [0.05, 0.1) is 27.7 Å². The third-order valence-corrected chi connectivity index (χ3v) is 7.80. The van der Waals surface area contributed by atoms with E-state index in [9.17, 15) is 19.0 Å². The van der Waals surface area contributed by atoms with Gasteiger partial charge in [0.2, 0.25) is 0 Å². The first kappa shape index (κ1) is 44.7. The Kier molecular flexibility index (Phi) is 28.4. The largest absolute Gasteiger partial charge is 0.472 e. The molecule has 0 aliphatic carbocycles. The fourth-order valence-electron chi connectivity index (χ4n) is 4.04. The summed E-state index contributed by atoms with van der Waals surface area (Å²) in [6.07, 6.45) is 33.3. The molecule has 0 saturated carbocycles. The summed E-state index contributed by atoms with van der Waals surface area (Å²) in [5.74, 6) is -0.866. The predicted octanol–water partition coefficient (Wildman–Crippen LogP) is 8.95. The maximum absolute atomic E-state index is 12.5. The molecule has 0 radical (unpaired) electrons. The van der Waals surface area contributed by atoms with Gasteiger partial charge in [-0.15, -0.1) is 0 Å². The Morgan fingerprint density at radius 3 is 1.77 bits per heavy atom. The number of hydrogen-bond acceptors (Lipinski definition) is 7. The third-order valence-electron chi connectivity index (χ3n) is 6.81. The summed E-state index contributed by atoms with van der Waals surface area (Å²) in [5, 5.41) is 0. The van der Waals surface area contributed by atoms with Crippen LogP contribution in [0.1, 0.15) is 110 Å². The topological polar surface area (TPSA) is 108 Å². The number of hydrogen-bond donors (Lipinski definition) is 1. The van der Waals surface area contributed by atoms with Gasteiger partial charge in [-0.3, -0.25) is 18.6 Å². The Labute approximate surface area is 286 Å². The lowest BCUT2D eigenvalue weighted by atomic mass is 10.1. The second-order valence-corrected chi connectivity index (χ2v) is 14.0. The van der Waals surface area contributed by atoms with Gasteiger partial charge in [-0.1, -0.05) is 100 Å². The molecule has 0 aliphatic heterocycles. The third kappa shape index (κ3) is 33.4. The van der Waals surface area contributed by atoms with Gasteiger partial charge in [0.15, 0.2) is 6.10 Å². The number of allylic oxidation sites excluding steroid dienone is 10. The first-order chi connectivity index (χ1) is 22.5. The Bertz CT molecular complexity index is 997. The summed E-state index contributed by atoms with van der Waals surface area (Å²) < 4.78 is 33.8. The number of carbonyl (C=O) groups excluding carboxylic acids is 2. The van der Waals surface area contributed by atoms with Gasteiger partial charge in [0.1, 0.15) is 19.8 Å². The minimum absolute atomic E-state index is 0.0219. The van der Waals surface area contributed by atoms with Gasteiger partial charge >= 0.3 is 19.8 Å². The molecule has 0 bridgehead atoms. The lowest BCUT2D eigenvalue weighted by molar-refractivity contribution is -0.870. The number of carbonyl (C=O) groups is 2. The molecule has 10 heteroatoms. The van der Waals surface area contributed by atoms with Crippen LogP contribution in [0.4, 0.5) is 0 Å². The van der Waals surface area contributed by atoms with Gasteiger partial charge < -0.3 is 18.9 Å². The average molecular weight is 683 g/mol. The van der Waals surface area contributed by atoms with Crippen LogP contribution in [-0.4, -0.2) is 74.9 Å². The van der Waals surface area contributed by atoms with Crippen molar-refractivity contribution in [2.45, 2.75) is 116 Å². The molecule has 270 valence electrons. The maximum Gasteiger partial charge on any atom is 0.472 e. The van der Waals surface area contributed by atoms with E-state index in [0.717, 1.165) is 77.0 Å². The monoisotopic (exact) mass is 682 g/mol. The van der Waals surface area contributed by atoms with Crippen LogP contribution >= 0.6 is 7.82 Å². The SMILES string of the molecule is CC/C=C\C/C=C\C/C=C\C/C=C\C/C=C\CCCCCC(=O)OC(COC(=O)CCCCCC)COP(=O)(O)OCC[N+](C)(C)C. The highest BCUT2D eigenvalue weighted by Crippen LogP contribution is 2.43. The summed E-state index contributed by atoms with van der Waals surface area (Å²) in [6.45, 7) is 4.09. The van der Waals surface area contributed by atoms with Crippen LogP contribution in [0.2, 0.25) is 0 Å². The van der Waals surface area contributed by atoms with Gasteiger partial charge in [0, 0.05) is 12.8 Å². The van der Waals surface area contributed by atoms with E-state index in [2.05, 4.69) is 74.6 Å². The summed E-state index contributed by atoms with van der Waals surface area (Å²) in [7, 11) is 1.44. The van der Waals surface area contributed by atoms with Crippen LogP contribution < -0.4 is 0 Å². The summed E-state index contributed by atoms with van der Waals surface area (Å²) in [5.41, 5.74) is 0. The van der Waals surface area contributed by atoms with Crippen LogP contribution in [-0.2, 0) is 32.7 Å². The molecular formula is C37H65NO8P+. The zero-order valence-electron chi connectivity index (χ0n) is 30.0. The molecule has 0 aromatic rings. The predicted molar refractivity (Wildman–Crippen MR) is 192 cm³/mol. The first-order valence-electron chi connectivity index (χ1n) is 17.5. The number of nitrogens with zero attached hydrogens (tertiary/aromatic N) is 1. The lowest BCUT2D eigenvalue weighted by Gasteiger charge is -2.24. The van der Waals surface area contributed by atoms with Crippen molar-refractivity contribution in [1.82, 2.24) is 0 Å². The summed E-state index contributed by atoms with van der Waals surface area (Å²) in [4.78, 5) is 34.7. The minimum Gasteiger partial charge on any atom is -0.462 e. The molecule has 0 spiro atoms. The quantitative estimate of drug-likeness (QED) is 0.0263.